The summed E-state index contributed by atoms with van der Waals surface area (Å²) in [7, 11) is 0. The van der Waals surface area contributed by atoms with E-state index in [0.29, 0.717) is 11.5 Å². The summed E-state index contributed by atoms with van der Waals surface area (Å²) in [6.45, 7) is 1.14. The predicted molar refractivity (Wildman–Crippen MR) is 68.9 cm³/mol. The highest BCUT2D eigenvalue weighted by atomic mass is 19.4. The summed E-state index contributed by atoms with van der Waals surface area (Å²) in [5.74, 6) is 0.481. The minimum Gasteiger partial charge on any atom is -0.351 e. The summed E-state index contributed by atoms with van der Waals surface area (Å²) in [6, 6.07) is 4.98. The number of carbonyl (C=O) groups excluding carboxylic acids is 1. The number of alkyl halides is 3. The Morgan fingerprint density at radius 2 is 2.05 bits per heavy atom. The maximum Gasteiger partial charge on any atom is 0.416 e. The van der Waals surface area contributed by atoms with Gasteiger partial charge in [0.2, 0.25) is 5.91 Å². The Morgan fingerprint density at radius 1 is 1.30 bits per heavy atom. The molecule has 0 atom stereocenters. The van der Waals surface area contributed by atoms with Gasteiger partial charge in [-0.1, -0.05) is 12.1 Å². The van der Waals surface area contributed by atoms with Crippen molar-refractivity contribution in [3.8, 4) is 0 Å². The fraction of sp³-hybridized carbons (Fsp3) is 0.500. The summed E-state index contributed by atoms with van der Waals surface area (Å²) < 4.78 is 37.6. The lowest BCUT2D eigenvalue weighted by Gasteiger charge is -2.10. The number of nitrogens with one attached hydrogen (secondary N) is 2. The second-order valence-corrected chi connectivity index (χ2v) is 5.05. The molecule has 2 rings (SSSR count). The average Bonchev–Trinajstić information content (AvgIpc) is 3.20. The van der Waals surface area contributed by atoms with E-state index in [1.54, 1.807) is 6.07 Å². The summed E-state index contributed by atoms with van der Waals surface area (Å²) in [6.07, 6.45) is -1.94. The topological polar surface area (TPSA) is 41.1 Å². The molecule has 1 saturated carbocycles. The van der Waals surface area contributed by atoms with Crippen LogP contribution in [0.3, 0.4) is 0 Å². The van der Waals surface area contributed by atoms with Crippen LogP contribution in [0.2, 0.25) is 0 Å². The molecule has 0 bridgehead atoms. The van der Waals surface area contributed by atoms with Crippen molar-refractivity contribution in [2.24, 2.45) is 5.92 Å². The molecular formula is C14H17F3N2O. The van der Waals surface area contributed by atoms with Gasteiger partial charge in [-0.3, -0.25) is 4.79 Å². The first-order valence-electron chi connectivity index (χ1n) is 6.58. The van der Waals surface area contributed by atoms with Crippen LogP contribution < -0.4 is 10.6 Å². The molecule has 3 nitrogen and oxygen atoms in total. The second kappa shape index (κ2) is 6.26. The van der Waals surface area contributed by atoms with Crippen molar-refractivity contribution in [1.82, 2.24) is 10.6 Å². The molecule has 0 spiro atoms. The van der Waals surface area contributed by atoms with Gasteiger partial charge in [-0.05, 0) is 43.0 Å². The molecular weight excluding hydrogens is 269 g/mol. The molecule has 1 amide bonds. The highest BCUT2D eigenvalue weighted by molar-refractivity contribution is 5.77. The lowest BCUT2D eigenvalue weighted by Crippen LogP contribution is -2.34. The monoisotopic (exact) mass is 286 g/mol. The van der Waals surface area contributed by atoms with Gasteiger partial charge in [0.05, 0.1) is 12.1 Å². The Hall–Kier alpha value is -1.56. The van der Waals surface area contributed by atoms with Crippen LogP contribution in [0.5, 0.6) is 0 Å². The zero-order chi connectivity index (χ0) is 14.6. The van der Waals surface area contributed by atoms with Gasteiger partial charge in [0.15, 0.2) is 0 Å². The second-order valence-electron chi connectivity index (χ2n) is 5.05. The molecule has 110 valence electrons. The van der Waals surface area contributed by atoms with Crippen molar-refractivity contribution in [3.63, 3.8) is 0 Å². The number of hydrogen-bond donors (Lipinski definition) is 2. The molecule has 0 aromatic heterocycles. The van der Waals surface area contributed by atoms with Crippen molar-refractivity contribution in [2.75, 3.05) is 13.1 Å². The Kier molecular flexibility index (Phi) is 4.65. The summed E-state index contributed by atoms with van der Waals surface area (Å²) in [5.41, 5.74) is -0.258. The van der Waals surface area contributed by atoms with Gasteiger partial charge in [0, 0.05) is 6.54 Å². The molecule has 1 aliphatic rings. The van der Waals surface area contributed by atoms with Crippen molar-refractivity contribution < 1.29 is 18.0 Å². The third-order valence-electron chi connectivity index (χ3n) is 3.16. The quantitative estimate of drug-likeness (QED) is 0.842. The van der Waals surface area contributed by atoms with Gasteiger partial charge < -0.3 is 10.6 Å². The number of benzene rings is 1. The van der Waals surface area contributed by atoms with Crippen LogP contribution in [0.15, 0.2) is 24.3 Å². The van der Waals surface area contributed by atoms with Gasteiger partial charge in [-0.15, -0.1) is 0 Å². The molecule has 1 fully saturated rings. The van der Waals surface area contributed by atoms with E-state index in [9.17, 15) is 18.0 Å². The lowest BCUT2D eigenvalue weighted by molar-refractivity contribution is -0.137. The van der Waals surface area contributed by atoms with Crippen LogP contribution >= 0.6 is 0 Å². The van der Waals surface area contributed by atoms with Crippen LogP contribution in [0.25, 0.3) is 0 Å². The van der Waals surface area contributed by atoms with E-state index in [0.717, 1.165) is 18.7 Å². The fourth-order valence-electron chi connectivity index (χ4n) is 1.83. The normalized spacial score (nSPS) is 15.2. The maximum absolute atomic E-state index is 12.5. The maximum atomic E-state index is 12.5. The van der Waals surface area contributed by atoms with E-state index < -0.39 is 11.7 Å². The van der Waals surface area contributed by atoms with Crippen LogP contribution in [0, 0.1) is 5.92 Å². The van der Waals surface area contributed by atoms with Gasteiger partial charge in [0.25, 0.3) is 0 Å². The zero-order valence-corrected chi connectivity index (χ0v) is 11.0. The largest absolute Gasteiger partial charge is 0.416 e. The van der Waals surface area contributed by atoms with E-state index >= 15 is 0 Å². The minimum atomic E-state index is -4.36. The van der Waals surface area contributed by atoms with E-state index in [1.165, 1.54) is 18.9 Å². The Morgan fingerprint density at radius 3 is 2.70 bits per heavy atom. The smallest absolute Gasteiger partial charge is 0.351 e. The van der Waals surface area contributed by atoms with Crippen molar-refractivity contribution in [2.45, 2.75) is 25.6 Å². The number of halogens is 3. The van der Waals surface area contributed by atoms with Crippen LogP contribution in [-0.4, -0.2) is 19.0 Å². The SMILES string of the molecule is O=C(CNCC1CC1)NCc1cccc(C(F)(F)F)c1. The van der Waals surface area contributed by atoms with Crippen molar-refractivity contribution in [1.29, 1.82) is 0 Å². The van der Waals surface area contributed by atoms with Gasteiger partial charge in [-0.2, -0.15) is 13.2 Å². The Labute approximate surface area is 115 Å². The predicted octanol–water partition coefficient (Wildman–Crippen LogP) is 2.32. The van der Waals surface area contributed by atoms with E-state index in [-0.39, 0.29) is 19.0 Å². The van der Waals surface area contributed by atoms with Crippen LogP contribution in [0.1, 0.15) is 24.0 Å². The first-order valence-corrected chi connectivity index (χ1v) is 6.58. The summed E-state index contributed by atoms with van der Waals surface area (Å²) in [4.78, 5) is 11.5. The molecule has 0 radical (unpaired) electrons. The molecule has 6 heteroatoms. The highest BCUT2D eigenvalue weighted by Gasteiger charge is 2.30. The molecule has 0 heterocycles. The molecule has 1 aliphatic carbocycles. The van der Waals surface area contributed by atoms with E-state index in [1.807, 2.05) is 0 Å². The van der Waals surface area contributed by atoms with Crippen LogP contribution in [-0.2, 0) is 17.5 Å². The molecule has 0 saturated heterocycles. The molecule has 0 unspecified atom stereocenters. The zero-order valence-electron chi connectivity index (χ0n) is 11.0. The van der Waals surface area contributed by atoms with Crippen molar-refractivity contribution in [3.05, 3.63) is 35.4 Å². The molecule has 2 N–H and O–H groups in total. The number of rotatable bonds is 6. The first-order chi connectivity index (χ1) is 9.45. The van der Waals surface area contributed by atoms with E-state index in [2.05, 4.69) is 10.6 Å². The molecule has 1 aromatic rings. The van der Waals surface area contributed by atoms with Gasteiger partial charge in [0.1, 0.15) is 0 Å². The summed E-state index contributed by atoms with van der Waals surface area (Å²) >= 11 is 0. The number of hydrogen-bond acceptors (Lipinski definition) is 2. The average molecular weight is 286 g/mol. The van der Waals surface area contributed by atoms with Crippen LogP contribution in [0.4, 0.5) is 13.2 Å². The number of carbonyl (C=O) groups is 1. The van der Waals surface area contributed by atoms with Gasteiger partial charge >= 0.3 is 6.18 Å². The van der Waals surface area contributed by atoms with E-state index in [4.69, 9.17) is 0 Å². The summed E-state index contributed by atoms with van der Waals surface area (Å²) in [5, 5.41) is 5.63. The lowest BCUT2D eigenvalue weighted by atomic mass is 10.1. The van der Waals surface area contributed by atoms with Crippen molar-refractivity contribution >= 4 is 5.91 Å². The minimum absolute atomic E-state index is 0.105. The third kappa shape index (κ3) is 4.85. The Balaban J connectivity index is 1.76. The first kappa shape index (κ1) is 14.8. The molecule has 20 heavy (non-hydrogen) atoms. The molecule has 0 aliphatic heterocycles. The van der Waals surface area contributed by atoms with Gasteiger partial charge in [-0.25, -0.2) is 0 Å². The fourth-order valence-corrected chi connectivity index (χ4v) is 1.83. The Bertz CT molecular complexity index is 470. The third-order valence-corrected chi connectivity index (χ3v) is 3.16. The standard InChI is InChI=1S/C14H17F3N2O/c15-14(16,17)12-3-1-2-11(6-12)8-19-13(20)9-18-7-10-4-5-10/h1-3,6,10,18H,4-5,7-9H2,(H,19,20). The molecule has 1 aromatic carbocycles. The number of amides is 1. The highest BCUT2D eigenvalue weighted by Crippen LogP contribution is 2.29.